The molecule has 2 amide bonds. The molecule has 1 heterocycles. The van der Waals surface area contributed by atoms with Crippen LogP contribution in [-0.4, -0.2) is 40.7 Å². The smallest absolute Gasteiger partial charge is 0.410 e. The highest BCUT2D eigenvalue weighted by Gasteiger charge is 2.30. The molecular formula is C19H24N2O4. The molecule has 1 atom stereocenters. The van der Waals surface area contributed by atoms with E-state index in [1.807, 2.05) is 26.8 Å². The average molecular weight is 344 g/mol. The first kappa shape index (κ1) is 17.3. The summed E-state index contributed by atoms with van der Waals surface area (Å²) in [6, 6.07) is 5.33. The molecule has 0 spiro atoms. The second-order valence-corrected chi connectivity index (χ2v) is 7.58. The Labute approximate surface area is 147 Å². The lowest BCUT2D eigenvalue weighted by Gasteiger charge is -2.35. The Kier molecular flexibility index (Phi) is 4.45. The van der Waals surface area contributed by atoms with Crippen molar-refractivity contribution in [1.82, 2.24) is 10.2 Å². The molecule has 0 radical (unpaired) electrons. The van der Waals surface area contributed by atoms with Crippen LogP contribution in [0.25, 0.3) is 0 Å². The number of phenols is 1. The number of carbonyl (C=O) groups excluding carboxylic acids is 2. The Morgan fingerprint density at radius 3 is 2.72 bits per heavy atom. The van der Waals surface area contributed by atoms with Gasteiger partial charge in [-0.1, -0.05) is 12.1 Å². The maximum Gasteiger partial charge on any atom is 0.410 e. The van der Waals surface area contributed by atoms with Crippen LogP contribution in [0, 0.1) is 0 Å². The number of amides is 2. The van der Waals surface area contributed by atoms with Crippen LogP contribution in [0.15, 0.2) is 29.8 Å². The van der Waals surface area contributed by atoms with E-state index < -0.39 is 5.60 Å². The van der Waals surface area contributed by atoms with Crippen LogP contribution in [0.2, 0.25) is 0 Å². The second-order valence-electron chi connectivity index (χ2n) is 7.58. The Bertz CT molecular complexity index is 725. The summed E-state index contributed by atoms with van der Waals surface area (Å²) in [5.74, 6) is 0.125. The van der Waals surface area contributed by atoms with E-state index in [1.54, 1.807) is 23.1 Å². The van der Waals surface area contributed by atoms with Crippen molar-refractivity contribution in [3.63, 3.8) is 0 Å². The number of phenolic OH excluding ortho intramolecular Hbond substituents is 1. The molecule has 0 aromatic heterocycles. The molecule has 6 nitrogen and oxygen atoms in total. The number of benzene rings is 1. The highest BCUT2D eigenvalue weighted by atomic mass is 16.6. The van der Waals surface area contributed by atoms with E-state index in [4.69, 9.17) is 4.74 Å². The number of hydrogen-bond acceptors (Lipinski definition) is 4. The van der Waals surface area contributed by atoms with Gasteiger partial charge in [0.1, 0.15) is 11.4 Å². The monoisotopic (exact) mass is 344 g/mol. The maximum absolute atomic E-state index is 12.2. The zero-order chi connectivity index (χ0) is 18.2. The molecule has 1 aliphatic heterocycles. The van der Waals surface area contributed by atoms with Crippen molar-refractivity contribution >= 4 is 12.0 Å². The van der Waals surface area contributed by atoms with Gasteiger partial charge in [0.15, 0.2) is 0 Å². The van der Waals surface area contributed by atoms with Gasteiger partial charge in [-0.05, 0) is 56.4 Å². The number of rotatable bonds is 2. The topological polar surface area (TPSA) is 78.9 Å². The summed E-state index contributed by atoms with van der Waals surface area (Å²) >= 11 is 0. The molecule has 2 N–H and O–H groups in total. The van der Waals surface area contributed by atoms with Gasteiger partial charge in [-0.3, -0.25) is 4.79 Å². The summed E-state index contributed by atoms with van der Waals surface area (Å²) in [6.07, 6.45) is 2.74. The lowest BCUT2D eigenvalue weighted by atomic mass is 10.1. The molecule has 0 unspecified atom stereocenters. The lowest BCUT2D eigenvalue weighted by molar-refractivity contribution is -0.117. The predicted octanol–water partition coefficient (Wildman–Crippen LogP) is 2.67. The number of likely N-dealkylation sites (tertiary alicyclic amines) is 1. The van der Waals surface area contributed by atoms with Crippen molar-refractivity contribution in [3.8, 4) is 5.75 Å². The summed E-state index contributed by atoms with van der Waals surface area (Å²) in [6.45, 7) is 6.32. The van der Waals surface area contributed by atoms with Gasteiger partial charge in [-0.15, -0.1) is 0 Å². The van der Waals surface area contributed by atoms with E-state index in [1.165, 1.54) is 0 Å². The van der Waals surface area contributed by atoms with Crippen LogP contribution in [0.1, 0.15) is 44.4 Å². The normalized spacial score (nSPS) is 19.1. The first-order valence-corrected chi connectivity index (χ1v) is 8.51. The fraction of sp³-hybridized carbons (Fsp3) is 0.474. The van der Waals surface area contributed by atoms with E-state index in [0.717, 1.165) is 29.5 Å². The zero-order valence-corrected chi connectivity index (χ0v) is 14.8. The Morgan fingerprint density at radius 2 is 2.04 bits per heavy atom. The van der Waals surface area contributed by atoms with Crippen molar-refractivity contribution in [1.29, 1.82) is 0 Å². The third-order valence-corrected chi connectivity index (χ3v) is 4.34. The van der Waals surface area contributed by atoms with Crippen molar-refractivity contribution < 1.29 is 19.4 Å². The van der Waals surface area contributed by atoms with Gasteiger partial charge < -0.3 is 20.1 Å². The van der Waals surface area contributed by atoms with Crippen LogP contribution in [-0.2, 0) is 16.0 Å². The van der Waals surface area contributed by atoms with E-state index in [0.29, 0.717) is 18.8 Å². The van der Waals surface area contributed by atoms with Crippen molar-refractivity contribution in [2.45, 2.75) is 45.3 Å². The van der Waals surface area contributed by atoms with Crippen molar-refractivity contribution in [2.24, 2.45) is 0 Å². The molecule has 1 aromatic carbocycles. The average Bonchev–Trinajstić information content (AvgIpc) is 2.85. The number of fused-ring (bicyclic) bond motifs is 1. The SMILES string of the molecule is CC(C)(C)OC(=O)N1CC(=CC(=O)N[C@H]2CCc3c(O)cccc32)C1. The number of nitrogens with zero attached hydrogens (tertiary/aromatic N) is 1. The first-order valence-electron chi connectivity index (χ1n) is 8.51. The predicted molar refractivity (Wildman–Crippen MR) is 93.2 cm³/mol. The van der Waals surface area contributed by atoms with Gasteiger partial charge in [0, 0.05) is 19.2 Å². The quantitative estimate of drug-likeness (QED) is 0.809. The van der Waals surface area contributed by atoms with Gasteiger partial charge in [-0.2, -0.15) is 0 Å². The van der Waals surface area contributed by atoms with E-state index in [-0.39, 0.29) is 18.0 Å². The van der Waals surface area contributed by atoms with Crippen LogP contribution in [0.3, 0.4) is 0 Å². The van der Waals surface area contributed by atoms with Crippen LogP contribution < -0.4 is 5.32 Å². The molecule has 0 saturated carbocycles. The summed E-state index contributed by atoms with van der Waals surface area (Å²) in [5.41, 5.74) is 2.28. The van der Waals surface area contributed by atoms with Crippen LogP contribution in [0.5, 0.6) is 5.75 Å². The molecule has 6 heteroatoms. The molecule has 134 valence electrons. The number of nitrogens with one attached hydrogen (secondary N) is 1. The number of hydrogen-bond donors (Lipinski definition) is 2. The van der Waals surface area contributed by atoms with Crippen LogP contribution >= 0.6 is 0 Å². The summed E-state index contributed by atoms with van der Waals surface area (Å²) in [4.78, 5) is 25.7. The first-order chi connectivity index (χ1) is 11.7. The van der Waals surface area contributed by atoms with Gasteiger partial charge in [0.05, 0.1) is 6.04 Å². The second kappa shape index (κ2) is 6.43. The lowest BCUT2D eigenvalue weighted by Crippen LogP contribution is -2.47. The van der Waals surface area contributed by atoms with E-state index >= 15 is 0 Å². The Morgan fingerprint density at radius 1 is 1.32 bits per heavy atom. The standard InChI is InChI=1S/C19H24N2O4/c1-19(2,3)25-18(24)21-10-12(11-21)9-17(23)20-15-8-7-14-13(15)5-4-6-16(14)22/h4-6,9,15,22H,7-8,10-11H2,1-3H3,(H,20,23)/t15-/m0/s1. The van der Waals surface area contributed by atoms with Crippen molar-refractivity contribution in [2.75, 3.05) is 13.1 Å². The largest absolute Gasteiger partial charge is 0.508 e. The maximum atomic E-state index is 12.2. The summed E-state index contributed by atoms with van der Waals surface area (Å²) in [7, 11) is 0. The molecule has 25 heavy (non-hydrogen) atoms. The fourth-order valence-corrected chi connectivity index (χ4v) is 3.17. The minimum atomic E-state index is -0.519. The molecule has 1 aromatic rings. The van der Waals surface area contributed by atoms with Gasteiger partial charge in [0.2, 0.25) is 5.91 Å². The van der Waals surface area contributed by atoms with Gasteiger partial charge in [-0.25, -0.2) is 4.79 Å². The zero-order valence-electron chi connectivity index (χ0n) is 14.8. The molecule has 1 fully saturated rings. The Balaban J connectivity index is 1.53. The highest BCUT2D eigenvalue weighted by Crippen LogP contribution is 2.36. The summed E-state index contributed by atoms with van der Waals surface area (Å²) in [5, 5.41) is 12.8. The third kappa shape index (κ3) is 3.95. The molecule has 0 bridgehead atoms. The number of carbonyl (C=O) groups is 2. The van der Waals surface area contributed by atoms with E-state index in [2.05, 4.69) is 5.32 Å². The molecule has 3 rings (SSSR count). The highest BCUT2D eigenvalue weighted by molar-refractivity contribution is 5.89. The van der Waals surface area contributed by atoms with Gasteiger partial charge >= 0.3 is 6.09 Å². The molecule has 2 aliphatic rings. The molecule has 1 aliphatic carbocycles. The summed E-state index contributed by atoms with van der Waals surface area (Å²) < 4.78 is 5.29. The number of ether oxygens (including phenoxy) is 1. The molecular weight excluding hydrogens is 320 g/mol. The minimum absolute atomic E-state index is 0.0755. The van der Waals surface area contributed by atoms with Crippen molar-refractivity contribution in [3.05, 3.63) is 41.0 Å². The third-order valence-electron chi connectivity index (χ3n) is 4.34. The Hall–Kier alpha value is -2.50. The van der Waals surface area contributed by atoms with E-state index in [9.17, 15) is 14.7 Å². The van der Waals surface area contributed by atoms with Gasteiger partial charge in [0.25, 0.3) is 0 Å². The number of aromatic hydroxyl groups is 1. The molecule has 1 saturated heterocycles. The fourth-order valence-electron chi connectivity index (χ4n) is 3.17. The van der Waals surface area contributed by atoms with Crippen LogP contribution in [0.4, 0.5) is 4.79 Å². The minimum Gasteiger partial charge on any atom is -0.508 e.